The third-order valence-electron chi connectivity index (χ3n) is 3.13. The number of rotatable bonds is 6. The fourth-order valence-electron chi connectivity index (χ4n) is 2.01. The number of methoxy groups -OCH3 is 2. The largest absolute Gasteiger partial charge is 0.493 e. The van der Waals surface area contributed by atoms with Crippen LogP contribution in [0.4, 0.5) is 0 Å². The molecular weight excluding hydrogens is 240 g/mol. The van der Waals surface area contributed by atoms with Gasteiger partial charge < -0.3 is 19.4 Å². The molecule has 4 nitrogen and oxygen atoms in total. The van der Waals surface area contributed by atoms with Crippen LogP contribution in [0.5, 0.6) is 11.5 Å². The van der Waals surface area contributed by atoms with Gasteiger partial charge in [0.05, 0.1) is 14.2 Å². The minimum Gasteiger partial charge on any atom is -0.493 e. The Morgan fingerprint density at radius 1 is 1.05 bits per heavy atom. The molecule has 0 radical (unpaired) electrons. The van der Waals surface area contributed by atoms with Crippen LogP contribution in [0.2, 0.25) is 0 Å². The topological polar surface area (TPSA) is 35.4 Å². The molecule has 1 aromatic heterocycles. The van der Waals surface area contributed by atoms with Gasteiger partial charge in [-0.3, -0.25) is 0 Å². The van der Waals surface area contributed by atoms with E-state index in [9.17, 15) is 0 Å². The fraction of sp³-hybridized carbons (Fsp3) is 0.333. The maximum Gasteiger partial charge on any atom is 0.161 e. The smallest absolute Gasteiger partial charge is 0.161 e. The highest BCUT2D eigenvalue weighted by Gasteiger charge is 2.04. The molecule has 0 aliphatic heterocycles. The summed E-state index contributed by atoms with van der Waals surface area (Å²) in [5.41, 5.74) is 2.44. The van der Waals surface area contributed by atoms with E-state index in [4.69, 9.17) is 9.47 Å². The SMILES string of the molecule is COc1ccc(CNCc2cccn2C)cc1OC. The molecule has 4 heteroatoms. The number of nitrogens with one attached hydrogen (secondary N) is 1. The number of nitrogens with zero attached hydrogens (tertiary/aromatic N) is 1. The molecule has 102 valence electrons. The lowest BCUT2D eigenvalue weighted by Gasteiger charge is -2.10. The first kappa shape index (κ1) is 13.5. The van der Waals surface area contributed by atoms with Crippen molar-refractivity contribution in [2.75, 3.05) is 14.2 Å². The summed E-state index contributed by atoms with van der Waals surface area (Å²) in [5, 5.41) is 3.42. The van der Waals surface area contributed by atoms with Gasteiger partial charge in [-0.25, -0.2) is 0 Å². The Hall–Kier alpha value is -1.94. The zero-order chi connectivity index (χ0) is 13.7. The maximum atomic E-state index is 5.29. The number of hydrogen-bond acceptors (Lipinski definition) is 3. The van der Waals surface area contributed by atoms with Gasteiger partial charge in [0.15, 0.2) is 11.5 Å². The first-order valence-corrected chi connectivity index (χ1v) is 6.26. The average Bonchev–Trinajstić information content (AvgIpc) is 2.84. The van der Waals surface area contributed by atoms with Crippen LogP contribution in [0.1, 0.15) is 11.3 Å². The van der Waals surface area contributed by atoms with Gasteiger partial charge in [0.25, 0.3) is 0 Å². The summed E-state index contributed by atoms with van der Waals surface area (Å²) >= 11 is 0. The van der Waals surface area contributed by atoms with Crippen molar-refractivity contribution in [3.05, 3.63) is 47.8 Å². The third-order valence-corrected chi connectivity index (χ3v) is 3.13. The van der Waals surface area contributed by atoms with Gasteiger partial charge in [-0.05, 0) is 29.8 Å². The Labute approximate surface area is 114 Å². The molecule has 0 unspecified atom stereocenters. The molecule has 19 heavy (non-hydrogen) atoms. The third kappa shape index (κ3) is 3.29. The number of hydrogen-bond donors (Lipinski definition) is 1. The molecule has 0 amide bonds. The molecule has 0 aliphatic carbocycles. The lowest BCUT2D eigenvalue weighted by atomic mass is 10.2. The Morgan fingerprint density at radius 2 is 1.84 bits per heavy atom. The summed E-state index contributed by atoms with van der Waals surface area (Å²) in [7, 11) is 5.34. The van der Waals surface area contributed by atoms with Crippen LogP contribution in [0.15, 0.2) is 36.5 Å². The van der Waals surface area contributed by atoms with Crippen LogP contribution in [0.3, 0.4) is 0 Å². The molecule has 1 N–H and O–H groups in total. The second-order valence-corrected chi connectivity index (χ2v) is 4.40. The van der Waals surface area contributed by atoms with Gasteiger partial charge in [0.2, 0.25) is 0 Å². The van der Waals surface area contributed by atoms with Crippen molar-refractivity contribution in [1.29, 1.82) is 0 Å². The zero-order valence-electron chi connectivity index (χ0n) is 11.6. The minimum absolute atomic E-state index is 0.758. The van der Waals surface area contributed by atoms with Crippen molar-refractivity contribution in [3.63, 3.8) is 0 Å². The van der Waals surface area contributed by atoms with E-state index in [0.29, 0.717) is 0 Å². The molecule has 2 rings (SSSR count). The summed E-state index contributed by atoms with van der Waals surface area (Å²) in [6.45, 7) is 1.64. The van der Waals surface area contributed by atoms with E-state index in [1.54, 1.807) is 14.2 Å². The molecule has 1 heterocycles. The van der Waals surface area contributed by atoms with Gasteiger partial charge in [-0.2, -0.15) is 0 Å². The fourth-order valence-corrected chi connectivity index (χ4v) is 2.01. The van der Waals surface area contributed by atoms with E-state index < -0.39 is 0 Å². The monoisotopic (exact) mass is 260 g/mol. The molecule has 0 saturated carbocycles. The van der Waals surface area contributed by atoms with E-state index in [1.807, 2.05) is 37.5 Å². The van der Waals surface area contributed by atoms with Crippen LogP contribution in [0, 0.1) is 0 Å². The van der Waals surface area contributed by atoms with Crippen LogP contribution < -0.4 is 14.8 Å². The highest BCUT2D eigenvalue weighted by atomic mass is 16.5. The Morgan fingerprint density at radius 3 is 2.47 bits per heavy atom. The maximum absolute atomic E-state index is 5.29. The highest BCUT2D eigenvalue weighted by Crippen LogP contribution is 2.27. The Kier molecular flexibility index (Phi) is 4.47. The van der Waals surface area contributed by atoms with Crippen molar-refractivity contribution < 1.29 is 9.47 Å². The predicted octanol–water partition coefficient (Wildman–Crippen LogP) is 2.33. The van der Waals surface area contributed by atoms with Crippen molar-refractivity contribution in [2.45, 2.75) is 13.1 Å². The summed E-state index contributed by atoms with van der Waals surface area (Å²) in [6, 6.07) is 10.1. The molecular formula is C15H20N2O2. The van der Waals surface area contributed by atoms with Crippen molar-refractivity contribution in [2.24, 2.45) is 7.05 Å². The van der Waals surface area contributed by atoms with Crippen LogP contribution in [-0.2, 0) is 20.1 Å². The average molecular weight is 260 g/mol. The summed E-state index contributed by atoms with van der Waals surface area (Å²) in [4.78, 5) is 0. The Balaban J connectivity index is 1.94. The van der Waals surface area contributed by atoms with Gasteiger partial charge >= 0.3 is 0 Å². The van der Waals surface area contributed by atoms with Crippen LogP contribution >= 0.6 is 0 Å². The van der Waals surface area contributed by atoms with Gasteiger partial charge in [0, 0.05) is 32.0 Å². The van der Waals surface area contributed by atoms with Crippen molar-refractivity contribution in [1.82, 2.24) is 9.88 Å². The second kappa shape index (κ2) is 6.29. The quantitative estimate of drug-likeness (QED) is 0.866. The lowest BCUT2D eigenvalue weighted by Crippen LogP contribution is -2.14. The molecule has 0 saturated heterocycles. The lowest BCUT2D eigenvalue weighted by molar-refractivity contribution is 0.354. The minimum atomic E-state index is 0.758. The number of aromatic nitrogens is 1. The molecule has 0 bridgehead atoms. The molecule has 2 aromatic rings. The first-order chi connectivity index (χ1) is 9.24. The second-order valence-electron chi connectivity index (χ2n) is 4.40. The van der Waals surface area contributed by atoms with Gasteiger partial charge in [0.1, 0.15) is 0 Å². The van der Waals surface area contributed by atoms with Crippen LogP contribution in [-0.4, -0.2) is 18.8 Å². The van der Waals surface area contributed by atoms with Gasteiger partial charge in [-0.1, -0.05) is 6.07 Å². The highest BCUT2D eigenvalue weighted by molar-refractivity contribution is 5.42. The standard InChI is InChI=1S/C15H20N2O2/c1-17-8-4-5-13(17)11-16-10-12-6-7-14(18-2)15(9-12)19-3/h4-9,16H,10-11H2,1-3H3. The molecule has 0 spiro atoms. The van der Waals surface area contributed by atoms with Crippen LogP contribution in [0.25, 0.3) is 0 Å². The number of aryl methyl sites for hydroxylation is 1. The van der Waals surface area contributed by atoms with Crippen molar-refractivity contribution in [3.8, 4) is 11.5 Å². The summed E-state index contributed by atoms with van der Waals surface area (Å²) < 4.78 is 12.6. The normalized spacial score (nSPS) is 10.5. The predicted molar refractivity (Wildman–Crippen MR) is 75.5 cm³/mol. The first-order valence-electron chi connectivity index (χ1n) is 6.26. The number of benzene rings is 1. The zero-order valence-corrected chi connectivity index (χ0v) is 11.6. The summed E-state index contributed by atoms with van der Waals surface area (Å²) in [5.74, 6) is 1.52. The molecule has 1 aromatic carbocycles. The summed E-state index contributed by atoms with van der Waals surface area (Å²) in [6.07, 6.45) is 2.05. The molecule has 0 aliphatic rings. The van der Waals surface area contributed by atoms with E-state index in [-0.39, 0.29) is 0 Å². The van der Waals surface area contributed by atoms with E-state index in [2.05, 4.69) is 16.0 Å². The molecule has 0 atom stereocenters. The number of ether oxygens (including phenoxy) is 2. The van der Waals surface area contributed by atoms with E-state index >= 15 is 0 Å². The van der Waals surface area contributed by atoms with Gasteiger partial charge in [-0.15, -0.1) is 0 Å². The van der Waals surface area contributed by atoms with E-state index in [0.717, 1.165) is 24.6 Å². The molecule has 0 fully saturated rings. The van der Waals surface area contributed by atoms with E-state index in [1.165, 1.54) is 11.3 Å². The Bertz CT molecular complexity index is 535. The van der Waals surface area contributed by atoms with Crippen molar-refractivity contribution >= 4 is 0 Å².